The van der Waals surface area contributed by atoms with Crippen molar-refractivity contribution >= 4 is 27.3 Å². The maximum Gasteiger partial charge on any atom is 0.262 e. The molecule has 0 atom stereocenters. The van der Waals surface area contributed by atoms with E-state index in [4.69, 9.17) is 9.47 Å². The molecular formula is C23H24N2O5S. The Balaban J connectivity index is 1.81. The lowest BCUT2D eigenvalue weighted by molar-refractivity contribution is -0.115. The lowest BCUT2D eigenvalue weighted by Gasteiger charge is -2.14. The second-order valence-corrected chi connectivity index (χ2v) is 8.47. The van der Waals surface area contributed by atoms with Crippen LogP contribution in [0.25, 0.3) is 0 Å². The van der Waals surface area contributed by atoms with E-state index in [1.807, 2.05) is 12.1 Å². The number of carbonyl (C=O) groups is 1. The molecular weight excluding hydrogens is 416 g/mol. The van der Waals surface area contributed by atoms with Crippen molar-refractivity contribution in [3.05, 3.63) is 77.9 Å². The van der Waals surface area contributed by atoms with E-state index in [-0.39, 0.29) is 17.2 Å². The zero-order chi connectivity index (χ0) is 22.4. The van der Waals surface area contributed by atoms with Gasteiger partial charge in [0, 0.05) is 11.3 Å². The number of hydrogen-bond donors (Lipinski definition) is 2. The minimum atomic E-state index is -3.91. The van der Waals surface area contributed by atoms with E-state index in [1.165, 1.54) is 13.2 Å². The fourth-order valence-corrected chi connectivity index (χ4v) is 4.47. The Hall–Kier alpha value is -3.52. The molecule has 0 spiro atoms. The smallest absolute Gasteiger partial charge is 0.262 e. The first-order valence-corrected chi connectivity index (χ1v) is 11.0. The van der Waals surface area contributed by atoms with Gasteiger partial charge in [-0.1, -0.05) is 36.4 Å². The van der Waals surface area contributed by atoms with Crippen molar-refractivity contribution in [1.82, 2.24) is 0 Å². The fourth-order valence-electron chi connectivity index (χ4n) is 3.12. The molecule has 3 aromatic carbocycles. The summed E-state index contributed by atoms with van der Waals surface area (Å²) in [5.41, 5.74) is 1.99. The highest BCUT2D eigenvalue weighted by atomic mass is 32.2. The van der Waals surface area contributed by atoms with Gasteiger partial charge in [-0.05, 0) is 42.8 Å². The molecule has 3 rings (SSSR count). The summed E-state index contributed by atoms with van der Waals surface area (Å²) in [5, 5.41) is 2.76. The van der Waals surface area contributed by atoms with Gasteiger partial charge in [0.2, 0.25) is 5.91 Å². The number of hydrogen-bond acceptors (Lipinski definition) is 5. The highest BCUT2D eigenvalue weighted by molar-refractivity contribution is 7.92. The number of rotatable bonds is 8. The third kappa shape index (κ3) is 5.35. The van der Waals surface area contributed by atoms with Crippen LogP contribution in [-0.4, -0.2) is 28.5 Å². The van der Waals surface area contributed by atoms with Crippen LogP contribution < -0.4 is 19.5 Å². The minimum absolute atomic E-state index is 0.0634. The first kappa shape index (κ1) is 22.2. The number of methoxy groups -OCH3 is 2. The molecule has 0 aliphatic carbocycles. The van der Waals surface area contributed by atoms with Crippen LogP contribution in [0.4, 0.5) is 11.4 Å². The lowest BCUT2D eigenvalue weighted by Crippen LogP contribution is -2.17. The van der Waals surface area contributed by atoms with Crippen LogP contribution >= 0.6 is 0 Å². The Morgan fingerprint density at radius 3 is 2.26 bits per heavy atom. The van der Waals surface area contributed by atoms with Gasteiger partial charge in [-0.15, -0.1) is 0 Å². The number of ether oxygens (including phenoxy) is 2. The molecule has 0 radical (unpaired) electrons. The van der Waals surface area contributed by atoms with Gasteiger partial charge in [-0.3, -0.25) is 9.52 Å². The van der Waals surface area contributed by atoms with Gasteiger partial charge in [-0.25, -0.2) is 8.42 Å². The summed E-state index contributed by atoms with van der Waals surface area (Å²) in [7, 11) is -0.893. The quantitative estimate of drug-likeness (QED) is 0.552. The zero-order valence-corrected chi connectivity index (χ0v) is 18.3. The monoisotopic (exact) mass is 440 g/mol. The van der Waals surface area contributed by atoms with E-state index >= 15 is 0 Å². The number of carbonyl (C=O) groups excluding carboxylic acids is 1. The predicted molar refractivity (Wildman–Crippen MR) is 120 cm³/mol. The Labute approximate surface area is 182 Å². The van der Waals surface area contributed by atoms with E-state index in [0.29, 0.717) is 28.4 Å². The Morgan fingerprint density at radius 1 is 0.903 bits per heavy atom. The van der Waals surface area contributed by atoms with Gasteiger partial charge in [-0.2, -0.15) is 0 Å². The summed E-state index contributed by atoms with van der Waals surface area (Å²) in [6.07, 6.45) is 0.0967. The summed E-state index contributed by atoms with van der Waals surface area (Å²) in [4.78, 5) is 12.6. The van der Waals surface area contributed by atoms with E-state index in [2.05, 4.69) is 10.0 Å². The van der Waals surface area contributed by atoms with E-state index in [1.54, 1.807) is 62.6 Å². The molecule has 162 valence electrons. The number of anilines is 2. The standard InChI is InChI=1S/C23H24N2O5S/c1-16-12-13-18(24-23(26)14-17-8-4-6-10-20(17)29-2)15-22(16)31(27,28)25-19-9-5-7-11-21(19)30-3/h4-13,15,25H,14H2,1-3H3,(H,24,26). The number of benzene rings is 3. The second kappa shape index (κ2) is 9.53. The van der Waals surface area contributed by atoms with Crippen molar-refractivity contribution in [2.75, 3.05) is 24.3 Å². The van der Waals surface area contributed by atoms with E-state index < -0.39 is 10.0 Å². The van der Waals surface area contributed by atoms with Crippen molar-refractivity contribution < 1.29 is 22.7 Å². The van der Waals surface area contributed by atoms with Crippen LogP contribution in [0.2, 0.25) is 0 Å². The topological polar surface area (TPSA) is 93.7 Å². The Morgan fingerprint density at radius 2 is 1.55 bits per heavy atom. The van der Waals surface area contributed by atoms with Crippen molar-refractivity contribution in [1.29, 1.82) is 0 Å². The van der Waals surface area contributed by atoms with Crippen molar-refractivity contribution in [2.24, 2.45) is 0 Å². The fraction of sp³-hybridized carbons (Fsp3) is 0.174. The summed E-state index contributed by atoms with van der Waals surface area (Å²) < 4.78 is 39.1. The third-order valence-electron chi connectivity index (χ3n) is 4.66. The highest BCUT2D eigenvalue weighted by Crippen LogP contribution is 2.28. The first-order chi connectivity index (χ1) is 14.8. The molecule has 0 heterocycles. The van der Waals surface area contributed by atoms with Crippen molar-refractivity contribution in [3.8, 4) is 11.5 Å². The van der Waals surface area contributed by atoms with Crippen LogP contribution in [0.3, 0.4) is 0 Å². The number of sulfonamides is 1. The maximum absolute atomic E-state index is 13.0. The van der Waals surface area contributed by atoms with Crippen LogP contribution in [0, 0.1) is 6.92 Å². The normalized spacial score (nSPS) is 10.9. The zero-order valence-electron chi connectivity index (χ0n) is 17.5. The number of para-hydroxylation sites is 3. The van der Waals surface area contributed by atoms with Crippen LogP contribution in [0.1, 0.15) is 11.1 Å². The van der Waals surface area contributed by atoms with Crippen LogP contribution in [-0.2, 0) is 21.2 Å². The van der Waals surface area contributed by atoms with Gasteiger partial charge in [0.05, 0.1) is 31.2 Å². The molecule has 0 unspecified atom stereocenters. The molecule has 0 saturated heterocycles. The van der Waals surface area contributed by atoms with E-state index in [9.17, 15) is 13.2 Å². The summed E-state index contributed by atoms with van der Waals surface area (Å²) in [6.45, 7) is 1.69. The molecule has 8 heteroatoms. The molecule has 7 nitrogen and oxygen atoms in total. The third-order valence-corrected chi connectivity index (χ3v) is 6.16. The summed E-state index contributed by atoms with van der Waals surface area (Å²) >= 11 is 0. The molecule has 2 N–H and O–H groups in total. The molecule has 0 aliphatic rings. The SMILES string of the molecule is COc1ccccc1CC(=O)Nc1ccc(C)c(S(=O)(=O)Nc2ccccc2OC)c1. The molecule has 0 saturated carbocycles. The number of amides is 1. The van der Waals surface area contributed by atoms with Crippen LogP contribution in [0.15, 0.2) is 71.6 Å². The minimum Gasteiger partial charge on any atom is -0.496 e. The van der Waals surface area contributed by atoms with Gasteiger partial charge < -0.3 is 14.8 Å². The van der Waals surface area contributed by atoms with Crippen molar-refractivity contribution in [3.63, 3.8) is 0 Å². The van der Waals surface area contributed by atoms with Crippen LogP contribution in [0.5, 0.6) is 11.5 Å². The largest absolute Gasteiger partial charge is 0.496 e. The first-order valence-electron chi connectivity index (χ1n) is 9.52. The average Bonchev–Trinajstić information content (AvgIpc) is 2.75. The predicted octanol–water partition coefficient (Wildman–Crippen LogP) is 3.99. The molecule has 1 amide bonds. The van der Waals surface area contributed by atoms with Gasteiger partial charge in [0.25, 0.3) is 10.0 Å². The molecule has 0 aliphatic heterocycles. The Bertz CT molecular complexity index is 1190. The Kier molecular flexibility index (Phi) is 6.81. The average molecular weight is 441 g/mol. The molecule has 31 heavy (non-hydrogen) atoms. The number of aryl methyl sites for hydroxylation is 1. The van der Waals surface area contributed by atoms with Gasteiger partial charge >= 0.3 is 0 Å². The van der Waals surface area contributed by atoms with Gasteiger partial charge in [0.15, 0.2) is 0 Å². The highest BCUT2D eigenvalue weighted by Gasteiger charge is 2.20. The van der Waals surface area contributed by atoms with Gasteiger partial charge in [0.1, 0.15) is 11.5 Å². The summed E-state index contributed by atoms with van der Waals surface area (Å²) in [5.74, 6) is 0.741. The molecule has 0 aromatic heterocycles. The van der Waals surface area contributed by atoms with Crippen molar-refractivity contribution in [2.45, 2.75) is 18.2 Å². The number of nitrogens with one attached hydrogen (secondary N) is 2. The maximum atomic E-state index is 13.0. The molecule has 0 bridgehead atoms. The lowest BCUT2D eigenvalue weighted by atomic mass is 10.1. The summed E-state index contributed by atoms with van der Waals surface area (Å²) in [6, 6.07) is 18.7. The molecule has 3 aromatic rings. The second-order valence-electron chi connectivity index (χ2n) is 6.82. The molecule has 0 fully saturated rings. The van der Waals surface area contributed by atoms with E-state index in [0.717, 1.165) is 5.56 Å².